The Kier molecular flexibility index (Phi) is 7.33. The molecule has 2 aliphatic rings. The lowest BCUT2D eigenvalue weighted by Crippen LogP contribution is -2.45. The maximum absolute atomic E-state index is 12.9. The molecule has 0 aliphatic carbocycles. The summed E-state index contributed by atoms with van der Waals surface area (Å²) in [5.74, 6) is 0.908. The Balaban J connectivity index is 1.97. The first-order valence-electron chi connectivity index (χ1n) is 9.70. The van der Waals surface area contributed by atoms with Crippen LogP contribution in [-0.2, 0) is 19.1 Å². The molecule has 1 aromatic rings. The molecule has 1 amide bonds. The maximum Gasteiger partial charge on any atom is 0.338 e. The van der Waals surface area contributed by atoms with Gasteiger partial charge in [-0.25, -0.2) is 9.79 Å². The Morgan fingerprint density at radius 1 is 1.24 bits per heavy atom. The van der Waals surface area contributed by atoms with E-state index in [4.69, 9.17) is 14.2 Å². The molecule has 0 bridgehead atoms. The summed E-state index contributed by atoms with van der Waals surface area (Å²) in [7, 11) is 1.55. The molecular weight excluding hydrogens is 392 g/mol. The predicted molar refractivity (Wildman–Crippen MR) is 112 cm³/mol. The van der Waals surface area contributed by atoms with Crippen molar-refractivity contribution in [2.45, 2.75) is 32.7 Å². The number of amidine groups is 1. The van der Waals surface area contributed by atoms with E-state index in [0.29, 0.717) is 41.8 Å². The van der Waals surface area contributed by atoms with E-state index >= 15 is 0 Å². The average molecular weight is 419 g/mol. The molecule has 8 heteroatoms. The maximum atomic E-state index is 12.9. The van der Waals surface area contributed by atoms with Gasteiger partial charge in [-0.2, -0.15) is 0 Å². The summed E-state index contributed by atoms with van der Waals surface area (Å²) in [6.45, 7) is 4.91. The highest BCUT2D eigenvalue weighted by Gasteiger charge is 2.41. The van der Waals surface area contributed by atoms with Crippen LogP contribution in [0.25, 0.3) is 0 Å². The van der Waals surface area contributed by atoms with Gasteiger partial charge in [0.2, 0.25) is 5.91 Å². The van der Waals surface area contributed by atoms with Crippen molar-refractivity contribution in [3.8, 4) is 5.75 Å². The smallest absolute Gasteiger partial charge is 0.338 e. The van der Waals surface area contributed by atoms with E-state index in [0.717, 1.165) is 17.7 Å². The molecule has 1 fully saturated rings. The Morgan fingerprint density at radius 3 is 2.69 bits per heavy atom. The molecule has 0 saturated carbocycles. The van der Waals surface area contributed by atoms with E-state index in [2.05, 4.69) is 4.99 Å². The van der Waals surface area contributed by atoms with E-state index < -0.39 is 12.0 Å². The van der Waals surface area contributed by atoms with Crippen molar-refractivity contribution in [1.82, 2.24) is 4.90 Å². The molecule has 1 atom stereocenters. The summed E-state index contributed by atoms with van der Waals surface area (Å²) < 4.78 is 16.0. The van der Waals surface area contributed by atoms with Gasteiger partial charge in [-0.3, -0.25) is 9.69 Å². The molecule has 2 heterocycles. The third kappa shape index (κ3) is 4.82. The van der Waals surface area contributed by atoms with E-state index in [1.54, 1.807) is 18.9 Å². The second kappa shape index (κ2) is 9.93. The Morgan fingerprint density at radius 2 is 2.00 bits per heavy atom. The number of benzene rings is 1. The summed E-state index contributed by atoms with van der Waals surface area (Å²) in [5.41, 5.74) is 1.76. The number of carbonyl (C=O) groups excluding carboxylic acids is 2. The van der Waals surface area contributed by atoms with Crippen LogP contribution in [0, 0.1) is 0 Å². The van der Waals surface area contributed by atoms with Gasteiger partial charge in [0.05, 0.1) is 30.5 Å². The molecule has 7 nitrogen and oxygen atoms in total. The molecule has 156 valence electrons. The standard InChI is InChI=1S/C21H26N2O5S/c1-4-10-27-16-7-5-15(6-8-16)19-18(20(25)28-12-11-26-3)14(2)22-21-23(19)17(24)9-13-29-21/h5-8,19H,4,9-13H2,1-3H3/t19-/m1/s1. The van der Waals surface area contributed by atoms with Crippen molar-refractivity contribution in [3.05, 3.63) is 41.1 Å². The minimum Gasteiger partial charge on any atom is -0.494 e. The number of hydrogen-bond acceptors (Lipinski definition) is 7. The molecule has 3 rings (SSSR count). The second-order valence-corrected chi connectivity index (χ2v) is 7.77. The number of amides is 1. The largest absolute Gasteiger partial charge is 0.494 e. The molecule has 0 aromatic heterocycles. The third-order valence-corrected chi connectivity index (χ3v) is 5.57. The monoisotopic (exact) mass is 418 g/mol. The number of esters is 1. The number of methoxy groups -OCH3 is 1. The lowest BCUT2D eigenvalue weighted by molar-refractivity contribution is -0.141. The Hall–Kier alpha value is -2.32. The van der Waals surface area contributed by atoms with Gasteiger partial charge in [0.25, 0.3) is 0 Å². The fraction of sp³-hybridized carbons (Fsp3) is 0.476. The molecule has 0 spiro atoms. The number of rotatable bonds is 8. The van der Waals surface area contributed by atoms with E-state index in [1.165, 1.54) is 11.8 Å². The first-order chi connectivity index (χ1) is 14.1. The molecule has 2 aliphatic heterocycles. The molecule has 0 radical (unpaired) electrons. The summed E-state index contributed by atoms with van der Waals surface area (Å²) >= 11 is 1.53. The van der Waals surface area contributed by atoms with Crippen molar-refractivity contribution in [3.63, 3.8) is 0 Å². The molecule has 0 unspecified atom stereocenters. The summed E-state index contributed by atoms with van der Waals surface area (Å²) in [5, 5.41) is 0.628. The van der Waals surface area contributed by atoms with Gasteiger partial charge in [0, 0.05) is 19.3 Å². The Labute approximate surface area is 175 Å². The van der Waals surface area contributed by atoms with Crippen LogP contribution in [0.3, 0.4) is 0 Å². The minimum atomic E-state index is -0.571. The van der Waals surface area contributed by atoms with Crippen LogP contribution in [0.15, 0.2) is 40.5 Å². The van der Waals surface area contributed by atoms with Crippen molar-refractivity contribution in [1.29, 1.82) is 0 Å². The average Bonchev–Trinajstić information content (AvgIpc) is 2.72. The molecule has 0 N–H and O–H groups in total. The number of thioether (sulfide) groups is 1. The molecule has 1 aromatic carbocycles. The highest BCUT2D eigenvalue weighted by molar-refractivity contribution is 8.14. The van der Waals surface area contributed by atoms with E-state index in [9.17, 15) is 9.59 Å². The summed E-state index contributed by atoms with van der Waals surface area (Å²) in [6, 6.07) is 6.93. The highest BCUT2D eigenvalue weighted by Crippen LogP contribution is 2.40. The van der Waals surface area contributed by atoms with E-state index in [1.807, 2.05) is 31.2 Å². The second-order valence-electron chi connectivity index (χ2n) is 6.70. The Bertz CT molecular complexity index is 819. The molecule has 1 saturated heterocycles. The van der Waals surface area contributed by atoms with Crippen LogP contribution in [-0.4, -0.2) is 54.6 Å². The van der Waals surface area contributed by atoms with Crippen molar-refractivity contribution in [2.24, 2.45) is 4.99 Å². The lowest BCUT2D eigenvalue weighted by atomic mass is 9.94. The number of hydrogen-bond donors (Lipinski definition) is 0. The third-order valence-electron chi connectivity index (χ3n) is 4.62. The zero-order valence-corrected chi connectivity index (χ0v) is 17.8. The van der Waals surface area contributed by atoms with Crippen LogP contribution in [0.5, 0.6) is 5.75 Å². The number of allylic oxidation sites excluding steroid dienone is 1. The van der Waals surface area contributed by atoms with E-state index in [-0.39, 0.29) is 12.5 Å². The fourth-order valence-corrected chi connectivity index (χ4v) is 4.24. The molecule has 29 heavy (non-hydrogen) atoms. The van der Waals surface area contributed by atoms with Crippen LogP contribution < -0.4 is 4.74 Å². The molecular formula is C21H26N2O5S. The first kappa shape index (κ1) is 21.4. The van der Waals surface area contributed by atoms with Gasteiger partial charge in [-0.1, -0.05) is 30.8 Å². The summed E-state index contributed by atoms with van der Waals surface area (Å²) in [4.78, 5) is 31.8. The predicted octanol–water partition coefficient (Wildman–Crippen LogP) is 3.32. The van der Waals surface area contributed by atoms with Gasteiger partial charge >= 0.3 is 5.97 Å². The van der Waals surface area contributed by atoms with Gasteiger partial charge in [-0.05, 0) is 31.0 Å². The van der Waals surface area contributed by atoms with Crippen molar-refractivity contribution >= 4 is 28.8 Å². The number of nitrogens with zero attached hydrogens (tertiary/aromatic N) is 2. The number of ether oxygens (including phenoxy) is 3. The van der Waals surface area contributed by atoms with Crippen molar-refractivity contribution in [2.75, 3.05) is 32.7 Å². The highest BCUT2D eigenvalue weighted by atomic mass is 32.2. The topological polar surface area (TPSA) is 77.4 Å². The zero-order chi connectivity index (χ0) is 20.8. The van der Waals surface area contributed by atoms with Crippen molar-refractivity contribution < 1.29 is 23.8 Å². The van der Waals surface area contributed by atoms with Gasteiger partial charge in [0.15, 0.2) is 5.17 Å². The zero-order valence-electron chi connectivity index (χ0n) is 17.0. The first-order valence-corrected chi connectivity index (χ1v) is 10.7. The minimum absolute atomic E-state index is 0.0477. The fourth-order valence-electron chi connectivity index (χ4n) is 3.23. The SMILES string of the molecule is CCCOc1ccc([C@@H]2C(C(=O)OCCOC)=C(C)N=C3SCCC(=O)N32)cc1. The van der Waals surface area contributed by atoms with Gasteiger partial charge in [0.1, 0.15) is 12.4 Å². The van der Waals surface area contributed by atoms with Gasteiger partial charge < -0.3 is 14.2 Å². The number of aliphatic imine (C=N–C) groups is 1. The van der Waals surface area contributed by atoms with Crippen LogP contribution in [0.4, 0.5) is 0 Å². The lowest BCUT2D eigenvalue weighted by Gasteiger charge is -2.38. The van der Waals surface area contributed by atoms with Crippen LogP contribution in [0.2, 0.25) is 0 Å². The normalized spacial score (nSPS) is 19.0. The van der Waals surface area contributed by atoms with Gasteiger partial charge in [-0.15, -0.1) is 0 Å². The summed E-state index contributed by atoms with van der Waals surface area (Å²) in [6.07, 6.45) is 1.33. The quantitative estimate of drug-likeness (QED) is 0.476. The van der Waals surface area contributed by atoms with Crippen LogP contribution >= 0.6 is 11.8 Å². The number of carbonyl (C=O) groups is 2. The number of fused-ring (bicyclic) bond motifs is 1. The van der Waals surface area contributed by atoms with Crippen LogP contribution in [0.1, 0.15) is 38.3 Å².